The number of aromatic amines is 1. The van der Waals surface area contributed by atoms with Crippen LogP contribution < -0.4 is 16.9 Å². The summed E-state index contributed by atoms with van der Waals surface area (Å²) in [5.74, 6) is 0. The van der Waals surface area contributed by atoms with E-state index in [1.165, 1.54) is 16.4 Å². The van der Waals surface area contributed by atoms with E-state index in [0.717, 1.165) is 5.56 Å². The molecule has 0 radical (unpaired) electrons. The lowest BCUT2D eigenvalue weighted by atomic mass is 10.1. The summed E-state index contributed by atoms with van der Waals surface area (Å²) in [6, 6.07) is 7.33. The molecule has 0 aliphatic rings. The number of aryl methyl sites for hydroxylation is 1. The van der Waals surface area contributed by atoms with Gasteiger partial charge in [0.15, 0.2) is 5.16 Å². The fourth-order valence-electron chi connectivity index (χ4n) is 1.65. The topological polar surface area (TPSA) is 93.8 Å². The van der Waals surface area contributed by atoms with Crippen molar-refractivity contribution >= 4 is 23.4 Å². The normalized spacial score (nSPS) is 12.3. The summed E-state index contributed by atoms with van der Waals surface area (Å²) in [4.78, 5) is 26.2. The number of aromatic nitrogens is 3. The van der Waals surface area contributed by atoms with Crippen molar-refractivity contribution in [3.63, 3.8) is 0 Å². The van der Waals surface area contributed by atoms with Gasteiger partial charge in [0.2, 0.25) is 0 Å². The van der Waals surface area contributed by atoms with Crippen LogP contribution in [-0.4, -0.2) is 21.3 Å². The number of nitrogens with one attached hydrogen (secondary N) is 1. The van der Waals surface area contributed by atoms with Gasteiger partial charge in [0.25, 0.3) is 0 Å². The third-order valence-corrected chi connectivity index (χ3v) is 4.19. The average molecular weight is 313 g/mol. The number of nitrogens with zero attached hydrogens (tertiary/aromatic N) is 2. The van der Waals surface area contributed by atoms with Crippen molar-refractivity contribution in [3.05, 3.63) is 55.6 Å². The van der Waals surface area contributed by atoms with E-state index in [0.29, 0.717) is 16.7 Å². The summed E-state index contributed by atoms with van der Waals surface area (Å²) in [6.07, 6.45) is 0. The molecule has 8 heteroatoms. The predicted molar refractivity (Wildman–Crippen MR) is 79.2 cm³/mol. The summed E-state index contributed by atoms with van der Waals surface area (Å²) < 4.78 is 1.40. The quantitative estimate of drug-likeness (QED) is 0.646. The highest BCUT2D eigenvalue weighted by Crippen LogP contribution is 2.33. The van der Waals surface area contributed by atoms with Crippen LogP contribution in [0.25, 0.3) is 0 Å². The van der Waals surface area contributed by atoms with Crippen molar-refractivity contribution < 1.29 is 0 Å². The number of rotatable bonds is 4. The predicted octanol–water partition coefficient (Wildman–Crippen LogP) is 0.914. The Morgan fingerprint density at radius 2 is 2.25 bits per heavy atom. The van der Waals surface area contributed by atoms with E-state index in [4.69, 9.17) is 17.3 Å². The first-order chi connectivity index (χ1) is 9.51. The Balaban J connectivity index is 2.34. The van der Waals surface area contributed by atoms with E-state index in [2.05, 4.69) is 10.1 Å². The maximum atomic E-state index is 11.3. The Kier molecular flexibility index (Phi) is 4.64. The fourth-order valence-corrected chi connectivity index (χ4v) is 2.82. The van der Waals surface area contributed by atoms with Crippen LogP contribution in [0.1, 0.15) is 10.8 Å². The molecule has 1 aromatic heterocycles. The number of hydrogen-bond acceptors (Lipinski definition) is 5. The highest BCUT2D eigenvalue weighted by atomic mass is 35.5. The number of H-pyrrole nitrogens is 1. The molecule has 6 nitrogen and oxygen atoms in total. The van der Waals surface area contributed by atoms with Crippen LogP contribution >= 0.6 is 23.4 Å². The lowest BCUT2D eigenvalue weighted by Gasteiger charge is -2.15. The maximum absolute atomic E-state index is 11.3. The molecule has 20 heavy (non-hydrogen) atoms. The Morgan fingerprint density at radius 3 is 2.90 bits per heavy atom. The third kappa shape index (κ3) is 3.30. The molecule has 0 amide bonds. The summed E-state index contributed by atoms with van der Waals surface area (Å²) in [5.41, 5.74) is 5.15. The zero-order chi connectivity index (χ0) is 14.7. The van der Waals surface area contributed by atoms with Gasteiger partial charge >= 0.3 is 11.1 Å². The Hall–Kier alpha value is -1.57. The second-order valence-corrected chi connectivity index (χ2v) is 5.70. The maximum Gasteiger partial charge on any atom is 0.339 e. The molecule has 0 aliphatic heterocycles. The van der Waals surface area contributed by atoms with Gasteiger partial charge in [0.1, 0.15) is 0 Å². The van der Waals surface area contributed by atoms with E-state index in [1.54, 1.807) is 13.1 Å². The van der Waals surface area contributed by atoms with Crippen molar-refractivity contribution in [2.75, 3.05) is 6.54 Å². The van der Waals surface area contributed by atoms with E-state index < -0.39 is 11.1 Å². The molecule has 1 unspecified atom stereocenters. The van der Waals surface area contributed by atoms with Crippen molar-refractivity contribution in [2.45, 2.75) is 10.4 Å². The number of thioether (sulfide) groups is 1. The van der Waals surface area contributed by atoms with E-state index in [1.807, 2.05) is 18.2 Å². The third-order valence-electron chi connectivity index (χ3n) is 2.63. The Bertz CT molecular complexity index is 728. The van der Waals surface area contributed by atoms with Crippen LogP contribution in [0.15, 0.2) is 39.0 Å². The van der Waals surface area contributed by atoms with Gasteiger partial charge in [-0.3, -0.25) is 19.4 Å². The standard InChI is InChI=1S/C12H13ClN4O2S/c1-17-12(15-10(18)11(19)16-17)20-9(6-14)7-3-2-4-8(13)5-7/h2-5,9H,6,14H2,1H3,(H,16,19). The summed E-state index contributed by atoms with van der Waals surface area (Å²) in [6.45, 7) is 0.347. The molecule has 0 bridgehead atoms. The minimum atomic E-state index is -0.813. The smallest absolute Gasteiger partial charge is 0.329 e. The number of hydrogen-bond donors (Lipinski definition) is 2. The van der Waals surface area contributed by atoms with Gasteiger partial charge in [-0.15, -0.1) is 0 Å². The minimum absolute atomic E-state index is 0.113. The lowest BCUT2D eigenvalue weighted by Crippen LogP contribution is -2.34. The molecule has 0 saturated carbocycles. The number of nitrogens with two attached hydrogens (primary N) is 1. The highest BCUT2D eigenvalue weighted by molar-refractivity contribution is 7.99. The van der Waals surface area contributed by atoms with Gasteiger partial charge in [-0.05, 0) is 17.7 Å². The first-order valence-electron chi connectivity index (χ1n) is 5.81. The monoisotopic (exact) mass is 312 g/mol. The van der Waals surface area contributed by atoms with Gasteiger partial charge in [0, 0.05) is 23.9 Å². The summed E-state index contributed by atoms with van der Waals surface area (Å²) >= 11 is 7.26. The second kappa shape index (κ2) is 6.25. The van der Waals surface area contributed by atoms with Crippen LogP contribution in [0.4, 0.5) is 0 Å². The molecule has 3 N–H and O–H groups in total. The first-order valence-corrected chi connectivity index (χ1v) is 7.06. The van der Waals surface area contributed by atoms with Crippen LogP contribution in [0.2, 0.25) is 5.02 Å². The zero-order valence-corrected chi connectivity index (χ0v) is 12.2. The molecule has 106 valence electrons. The van der Waals surface area contributed by atoms with Crippen molar-refractivity contribution in [1.29, 1.82) is 0 Å². The average Bonchev–Trinajstić information content (AvgIpc) is 2.41. The van der Waals surface area contributed by atoms with E-state index in [9.17, 15) is 9.59 Å². The van der Waals surface area contributed by atoms with Gasteiger partial charge in [-0.2, -0.15) is 4.98 Å². The number of benzene rings is 1. The van der Waals surface area contributed by atoms with Crippen LogP contribution in [0, 0.1) is 0 Å². The largest absolute Gasteiger partial charge is 0.339 e. The van der Waals surface area contributed by atoms with Crippen LogP contribution in [0.5, 0.6) is 0 Å². The number of halogens is 1. The van der Waals surface area contributed by atoms with Crippen LogP contribution in [0.3, 0.4) is 0 Å². The van der Waals surface area contributed by atoms with Gasteiger partial charge in [0.05, 0.1) is 0 Å². The molecule has 0 saturated heterocycles. The van der Waals surface area contributed by atoms with Crippen molar-refractivity contribution in [3.8, 4) is 0 Å². The van der Waals surface area contributed by atoms with Crippen LogP contribution in [-0.2, 0) is 7.05 Å². The van der Waals surface area contributed by atoms with Crippen molar-refractivity contribution in [2.24, 2.45) is 12.8 Å². The molecule has 2 aromatic rings. The lowest BCUT2D eigenvalue weighted by molar-refractivity contribution is 0.595. The molecule has 0 aliphatic carbocycles. The minimum Gasteiger partial charge on any atom is -0.329 e. The fraction of sp³-hybridized carbons (Fsp3) is 0.250. The Labute approximate surface area is 124 Å². The molecule has 0 spiro atoms. The molecule has 0 fully saturated rings. The summed E-state index contributed by atoms with van der Waals surface area (Å²) in [5, 5.41) is 3.29. The molecule has 1 aromatic carbocycles. The zero-order valence-electron chi connectivity index (χ0n) is 10.7. The van der Waals surface area contributed by atoms with E-state index >= 15 is 0 Å². The Morgan fingerprint density at radius 1 is 1.50 bits per heavy atom. The van der Waals surface area contributed by atoms with Gasteiger partial charge < -0.3 is 5.73 Å². The summed E-state index contributed by atoms with van der Waals surface area (Å²) in [7, 11) is 1.61. The molecule has 1 heterocycles. The molecule has 2 rings (SSSR count). The van der Waals surface area contributed by atoms with Gasteiger partial charge in [-0.25, -0.2) is 0 Å². The van der Waals surface area contributed by atoms with Gasteiger partial charge in [-0.1, -0.05) is 35.5 Å². The molecular formula is C12H13ClN4O2S. The van der Waals surface area contributed by atoms with E-state index in [-0.39, 0.29) is 5.25 Å². The highest BCUT2D eigenvalue weighted by Gasteiger charge is 2.15. The molecule has 1 atom stereocenters. The molecular weight excluding hydrogens is 300 g/mol. The second-order valence-electron chi connectivity index (χ2n) is 4.10. The first kappa shape index (κ1) is 14.8. The SMILES string of the molecule is Cn1[nH]c(=O)c(=O)nc1SC(CN)c1cccc(Cl)c1. The van der Waals surface area contributed by atoms with Crippen molar-refractivity contribution in [1.82, 2.24) is 14.8 Å².